The molecule has 1 rings (SSSR count). The first kappa shape index (κ1) is 18.6. The highest BCUT2D eigenvalue weighted by Crippen LogP contribution is 2.34. The van der Waals surface area contributed by atoms with Gasteiger partial charge in [-0.25, -0.2) is 4.79 Å². The quantitative estimate of drug-likeness (QED) is 0.471. The van der Waals surface area contributed by atoms with E-state index < -0.39 is 5.97 Å². The molecule has 0 saturated heterocycles. The SMILES string of the molecule is CC(C)C(C)C(C)(C)COC(=O)c1cc(Cl)cc(Cl)c1Cl. The minimum Gasteiger partial charge on any atom is -0.461 e. The Labute approximate surface area is 141 Å². The van der Waals surface area contributed by atoms with Gasteiger partial charge in [0.25, 0.3) is 0 Å². The number of carbonyl (C=O) groups is 1. The highest BCUT2D eigenvalue weighted by molar-refractivity contribution is 6.45. The summed E-state index contributed by atoms with van der Waals surface area (Å²) in [5.41, 5.74) is 0.0701. The number of hydrogen-bond donors (Lipinski definition) is 0. The molecule has 118 valence electrons. The highest BCUT2D eigenvalue weighted by atomic mass is 35.5. The molecule has 5 heteroatoms. The lowest BCUT2D eigenvalue weighted by Crippen LogP contribution is -2.32. The Morgan fingerprint density at radius 2 is 1.76 bits per heavy atom. The zero-order valence-corrected chi connectivity index (χ0v) is 15.2. The summed E-state index contributed by atoms with van der Waals surface area (Å²) in [7, 11) is 0. The van der Waals surface area contributed by atoms with Crippen molar-refractivity contribution in [3.05, 3.63) is 32.8 Å². The largest absolute Gasteiger partial charge is 0.461 e. The molecule has 0 spiro atoms. The molecule has 0 aliphatic heterocycles. The van der Waals surface area contributed by atoms with Gasteiger partial charge >= 0.3 is 5.97 Å². The van der Waals surface area contributed by atoms with Crippen LogP contribution in [0.2, 0.25) is 15.1 Å². The Morgan fingerprint density at radius 3 is 2.29 bits per heavy atom. The van der Waals surface area contributed by atoms with E-state index in [2.05, 4.69) is 34.6 Å². The third-order valence-corrected chi connectivity index (χ3v) is 5.04. The smallest absolute Gasteiger partial charge is 0.339 e. The summed E-state index contributed by atoms with van der Waals surface area (Å²) in [5, 5.41) is 0.762. The number of esters is 1. The van der Waals surface area contributed by atoms with Crippen LogP contribution in [-0.4, -0.2) is 12.6 Å². The molecule has 2 nitrogen and oxygen atoms in total. The van der Waals surface area contributed by atoms with E-state index in [1.165, 1.54) is 12.1 Å². The second-order valence-corrected chi connectivity index (χ2v) is 7.57. The van der Waals surface area contributed by atoms with Gasteiger partial charge in [-0.05, 0) is 24.0 Å². The minimum absolute atomic E-state index is 0.126. The molecule has 0 N–H and O–H groups in total. The monoisotopic (exact) mass is 350 g/mol. The maximum Gasteiger partial charge on any atom is 0.339 e. The summed E-state index contributed by atoms with van der Waals surface area (Å²) in [6.45, 7) is 10.9. The van der Waals surface area contributed by atoms with Crippen molar-refractivity contribution >= 4 is 40.8 Å². The van der Waals surface area contributed by atoms with Crippen LogP contribution < -0.4 is 0 Å². The molecule has 21 heavy (non-hydrogen) atoms. The first-order chi connectivity index (χ1) is 9.56. The van der Waals surface area contributed by atoms with Crippen molar-refractivity contribution in [2.24, 2.45) is 17.3 Å². The van der Waals surface area contributed by atoms with Crippen molar-refractivity contribution in [1.29, 1.82) is 0 Å². The second kappa shape index (κ2) is 7.21. The number of ether oxygens (including phenoxy) is 1. The molecule has 0 amide bonds. The third-order valence-electron chi connectivity index (χ3n) is 4.02. The fraction of sp³-hybridized carbons (Fsp3) is 0.562. The van der Waals surface area contributed by atoms with E-state index in [9.17, 15) is 4.79 Å². The lowest BCUT2D eigenvalue weighted by atomic mass is 9.75. The molecular weight excluding hydrogens is 331 g/mol. The first-order valence-corrected chi connectivity index (χ1v) is 8.01. The van der Waals surface area contributed by atoms with Gasteiger partial charge in [0.2, 0.25) is 0 Å². The number of carbonyl (C=O) groups excluding carboxylic acids is 1. The summed E-state index contributed by atoms with van der Waals surface area (Å²) in [4.78, 5) is 12.2. The summed E-state index contributed by atoms with van der Waals surface area (Å²) in [6, 6.07) is 2.96. The van der Waals surface area contributed by atoms with Crippen molar-refractivity contribution < 1.29 is 9.53 Å². The molecule has 1 aromatic rings. The Hall–Kier alpha value is -0.440. The fourth-order valence-electron chi connectivity index (χ4n) is 2.07. The van der Waals surface area contributed by atoms with Gasteiger partial charge in [0.1, 0.15) is 0 Å². The average Bonchev–Trinajstić information content (AvgIpc) is 2.39. The van der Waals surface area contributed by atoms with Crippen molar-refractivity contribution in [1.82, 2.24) is 0 Å². The molecule has 0 bridgehead atoms. The summed E-state index contributed by atoms with van der Waals surface area (Å²) < 4.78 is 5.41. The lowest BCUT2D eigenvalue weighted by molar-refractivity contribution is 0.0175. The van der Waals surface area contributed by atoms with Gasteiger partial charge in [0.05, 0.1) is 22.2 Å². The van der Waals surface area contributed by atoms with Crippen molar-refractivity contribution in [3.8, 4) is 0 Å². The average molecular weight is 352 g/mol. The Balaban J connectivity index is 2.84. The fourth-order valence-corrected chi connectivity index (χ4v) is 2.75. The van der Waals surface area contributed by atoms with Crippen LogP contribution in [0.5, 0.6) is 0 Å². The van der Waals surface area contributed by atoms with Gasteiger partial charge in [-0.15, -0.1) is 0 Å². The summed E-state index contributed by atoms with van der Waals surface area (Å²) in [6.07, 6.45) is 0. The minimum atomic E-state index is -0.506. The van der Waals surface area contributed by atoms with Crippen LogP contribution >= 0.6 is 34.8 Å². The van der Waals surface area contributed by atoms with E-state index in [-0.39, 0.29) is 21.0 Å². The van der Waals surface area contributed by atoms with Gasteiger partial charge < -0.3 is 4.74 Å². The van der Waals surface area contributed by atoms with Crippen LogP contribution in [0.3, 0.4) is 0 Å². The van der Waals surface area contributed by atoms with E-state index in [4.69, 9.17) is 39.5 Å². The summed E-state index contributed by atoms with van der Waals surface area (Å²) in [5.74, 6) is 0.403. The molecule has 0 aromatic heterocycles. The molecular formula is C16H21Cl3O2. The van der Waals surface area contributed by atoms with Crippen LogP contribution in [0, 0.1) is 17.3 Å². The maximum absolute atomic E-state index is 12.2. The van der Waals surface area contributed by atoms with E-state index in [1.807, 2.05) is 0 Å². The second-order valence-electron chi connectivity index (χ2n) is 6.35. The van der Waals surface area contributed by atoms with Crippen molar-refractivity contribution in [2.45, 2.75) is 34.6 Å². The van der Waals surface area contributed by atoms with E-state index in [1.54, 1.807) is 0 Å². The van der Waals surface area contributed by atoms with Crippen LogP contribution in [0.4, 0.5) is 0 Å². The van der Waals surface area contributed by atoms with Crippen LogP contribution in [0.25, 0.3) is 0 Å². The molecule has 1 aromatic carbocycles. The molecule has 1 unspecified atom stereocenters. The normalized spacial score (nSPS) is 13.4. The number of hydrogen-bond acceptors (Lipinski definition) is 2. The lowest BCUT2D eigenvalue weighted by Gasteiger charge is -2.34. The molecule has 0 fully saturated rings. The molecule has 0 saturated carbocycles. The van der Waals surface area contributed by atoms with Crippen molar-refractivity contribution in [3.63, 3.8) is 0 Å². The molecule has 0 heterocycles. The van der Waals surface area contributed by atoms with Crippen LogP contribution in [-0.2, 0) is 4.74 Å². The maximum atomic E-state index is 12.2. The standard InChI is InChI=1S/C16H21Cl3O2/c1-9(2)10(3)16(4,5)8-21-15(20)12-6-11(17)7-13(18)14(12)19/h6-7,9-10H,8H2,1-5H3. The van der Waals surface area contributed by atoms with E-state index in [0.717, 1.165) is 0 Å². The Kier molecular flexibility index (Phi) is 6.39. The predicted molar refractivity (Wildman–Crippen MR) is 89.5 cm³/mol. The Morgan fingerprint density at radius 1 is 1.19 bits per heavy atom. The van der Waals surface area contributed by atoms with Gasteiger partial charge in [-0.3, -0.25) is 0 Å². The number of rotatable bonds is 5. The third kappa shape index (κ3) is 4.77. The predicted octanol–water partition coefficient (Wildman–Crippen LogP) is 6.12. The highest BCUT2D eigenvalue weighted by Gasteiger charge is 2.30. The molecule has 0 radical (unpaired) electrons. The van der Waals surface area contributed by atoms with Gasteiger partial charge in [0.15, 0.2) is 0 Å². The molecule has 0 aliphatic carbocycles. The number of halogens is 3. The topological polar surface area (TPSA) is 26.3 Å². The molecule has 0 aliphatic rings. The Bertz CT molecular complexity index is 524. The van der Waals surface area contributed by atoms with Gasteiger partial charge in [-0.2, -0.15) is 0 Å². The van der Waals surface area contributed by atoms with Gasteiger partial charge in [0, 0.05) is 10.4 Å². The van der Waals surface area contributed by atoms with Crippen LogP contribution in [0.1, 0.15) is 45.0 Å². The zero-order chi connectivity index (χ0) is 16.4. The van der Waals surface area contributed by atoms with Gasteiger partial charge in [-0.1, -0.05) is 69.4 Å². The zero-order valence-electron chi connectivity index (χ0n) is 13.0. The molecule has 1 atom stereocenters. The summed E-state index contributed by atoms with van der Waals surface area (Å²) >= 11 is 17.9. The van der Waals surface area contributed by atoms with Crippen molar-refractivity contribution in [2.75, 3.05) is 6.61 Å². The first-order valence-electron chi connectivity index (χ1n) is 6.88. The van der Waals surface area contributed by atoms with E-state index in [0.29, 0.717) is 23.5 Å². The van der Waals surface area contributed by atoms with E-state index >= 15 is 0 Å². The van der Waals surface area contributed by atoms with Crippen LogP contribution in [0.15, 0.2) is 12.1 Å². The number of benzene rings is 1.